The molecule has 2 atom stereocenters. The van der Waals surface area contributed by atoms with E-state index in [2.05, 4.69) is 64.8 Å². The van der Waals surface area contributed by atoms with Crippen LogP contribution in [0.4, 0.5) is 11.6 Å². The summed E-state index contributed by atoms with van der Waals surface area (Å²) in [6.07, 6.45) is 2.02. The molecule has 3 rings (SSSR count). The van der Waals surface area contributed by atoms with E-state index in [4.69, 9.17) is 0 Å². The van der Waals surface area contributed by atoms with Gasteiger partial charge in [-0.15, -0.1) is 0 Å². The molecule has 21 heavy (non-hydrogen) atoms. The first kappa shape index (κ1) is 13.9. The van der Waals surface area contributed by atoms with Crippen LogP contribution < -0.4 is 10.6 Å². The van der Waals surface area contributed by atoms with Crippen LogP contribution in [0.3, 0.4) is 0 Å². The van der Waals surface area contributed by atoms with Gasteiger partial charge in [0.2, 0.25) is 0 Å². The third-order valence-corrected chi connectivity index (χ3v) is 3.80. The van der Waals surface area contributed by atoms with E-state index in [1.165, 1.54) is 12.0 Å². The van der Waals surface area contributed by atoms with Gasteiger partial charge in [-0.1, -0.05) is 37.3 Å². The van der Waals surface area contributed by atoms with E-state index in [-0.39, 0.29) is 0 Å². The summed E-state index contributed by atoms with van der Waals surface area (Å²) in [6.45, 7) is 5.03. The van der Waals surface area contributed by atoms with Crippen molar-refractivity contribution in [3.8, 4) is 0 Å². The van der Waals surface area contributed by atoms with E-state index < -0.39 is 0 Å². The van der Waals surface area contributed by atoms with Gasteiger partial charge in [0.25, 0.3) is 0 Å². The van der Waals surface area contributed by atoms with Crippen LogP contribution in [0.2, 0.25) is 0 Å². The molecule has 0 spiro atoms. The summed E-state index contributed by atoms with van der Waals surface area (Å²) in [5.74, 6) is 3.33. The second-order valence-corrected chi connectivity index (χ2v) is 5.44. The maximum atomic E-state index is 4.58. The molecule has 1 fully saturated rings. The Hall–Kier alpha value is -2.10. The van der Waals surface area contributed by atoms with Crippen LogP contribution in [0.15, 0.2) is 36.4 Å². The molecule has 0 radical (unpaired) electrons. The summed E-state index contributed by atoms with van der Waals surface area (Å²) in [7, 11) is 0. The van der Waals surface area contributed by atoms with Crippen molar-refractivity contribution in [2.75, 3.05) is 17.2 Å². The number of hydrogen-bond donors (Lipinski definition) is 2. The lowest BCUT2D eigenvalue weighted by Gasteiger charge is -2.10. The number of rotatable bonds is 6. The minimum Gasteiger partial charge on any atom is -0.370 e. The summed E-state index contributed by atoms with van der Waals surface area (Å²) in [5, 5.41) is 6.81. The SMILES string of the molecule is CCNc1cc(NC2CC2c2ccccc2)nc(CC)n1. The third-order valence-electron chi connectivity index (χ3n) is 3.80. The van der Waals surface area contributed by atoms with Crippen molar-refractivity contribution in [1.29, 1.82) is 0 Å². The molecular weight excluding hydrogens is 260 g/mol. The molecule has 1 aromatic carbocycles. The Morgan fingerprint density at radius 3 is 2.57 bits per heavy atom. The Bertz CT molecular complexity index is 597. The number of nitrogens with zero attached hydrogens (tertiary/aromatic N) is 2. The molecule has 2 aromatic rings. The van der Waals surface area contributed by atoms with Gasteiger partial charge in [-0.25, -0.2) is 9.97 Å². The number of hydrogen-bond acceptors (Lipinski definition) is 4. The van der Waals surface area contributed by atoms with Crippen molar-refractivity contribution < 1.29 is 0 Å². The first-order valence-electron chi connectivity index (χ1n) is 7.73. The van der Waals surface area contributed by atoms with Gasteiger partial charge in [-0.2, -0.15) is 0 Å². The molecule has 0 bridgehead atoms. The summed E-state index contributed by atoms with van der Waals surface area (Å²) in [4.78, 5) is 9.06. The van der Waals surface area contributed by atoms with Gasteiger partial charge in [-0.05, 0) is 18.9 Å². The lowest BCUT2D eigenvalue weighted by atomic mass is 10.1. The Morgan fingerprint density at radius 1 is 1.10 bits per heavy atom. The largest absolute Gasteiger partial charge is 0.370 e. The highest BCUT2D eigenvalue weighted by molar-refractivity contribution is 5.50. The van der Waals surface area contributed by atoms with Gasteiger partial charge in [-0.3, -0.25) is 0 Å². The predicted molar refractivity (Wildman–Crippen MR) is 86.8 cm³/mol. The van der Waals surface area contributed by atoms with E-state index in [0.29, 0.717) is 12.0 Å². The minimum absolute atomic E-state index is 0.487. The summed E-state index contributed by atoms with van der Waals surface area (Å²) in [6, 6.07) is 13.2. The zero-order valence-electron chi connectivity index (χ0n) is 12.6. The number of benzene rings is 1. The number of aromatic nitrogens is 2. The second kappa shape index (κ2) is 6.12. The molecule has 0 saturated heterocycles. The molecule has 1 aliphatic carbocycles. The molecule has 1 heterocycles. The van der Waals surface area contributed by atoms with Crippen molar-refractivity contribution in [2.45, 2.75) is 38.6 Å². The molecule has 1 saturated carbocycles. The number of anilines is 2. The highest BCUT2D eigenvalue weighted by Crippen LogP contribution is 2.42. The predicted octanol–water partition coefficient (Wildman–Crippen LogP) is 3.44. The van der Waals surface area contributed by atoms with Crippen LogP contribution in [-0.2, 0) is 6.42 Å². The van der Waals surface area contributed by atoms with Gasteiger partial charge in [0.15, 0.2) is 0 Å². The minimum atomic E-state index is 0.487. The van der Waals surface area contributed by atoms with Gasteiger partial charge in [0.1, 0.15) is 17.5 Å². The lowest BCUT2D eigenvalue weighted by Crippen LogP contribution is -2.10. The quantitative estimate of drug-likeness (QED) is 0.852. The topological polar surface area (TPSA) is 49.8 Å². The Morgan fingerprint density at radius 2 is 1.86 bits per heavy atom. The first-order valence-corrected chi connectivity index (χ1v) is 7.73. The second-order valence-electron chi connectivity index (χ2n) is 5.44. The standard InChI is InChI=1S/C17H22N4/c1-3-15-20-16(18-4-2)11-17(21-15)19-14-10-13(14)12-8-6-5-7-9-12/h5-9,11,13-14H,3-4,10H2,1-2H3,(H2,18,19,20,21). The molecule has 2 unspecified atom stereocenters. The van der Waals surface area contributed by atoms with Crippen molar-refractivity contribution >= 4 is 11.6 Å². The van der Waals surface area contributed by atoms with Gasteiger partial charge in [0.05, 0.1) is 0 Å². The first-order chi connectivity index (χ1) is 10.3. The number of aryl methyl sites for hydroxylation is 1. The van der Waals surface area contributed by atoms with Crippen LogP contribution in [0.1, 0.15) is 37.6 Å². The zero-order chi connectivity index (χ0) is 14.7. The fraction of sp³-hybridized carbons (Fsp3) is 0.412. The average molecular weight is 282 g/mol. The maximum absolute atomic E-state index is 4.58. The molecule has 4 heteroatoms. The van der Waals surface area contributed by atoms with Gasteiger partial charge >= 0.3 is 0 Å². The Balaban J connectivity index is 1.70. The summed E-state index contributed by atoms with van der Waals surface area (Å²) < 4.78 is 0. The molecule has 1 aromatic heterocycles. The molecule has 2 N–H and O–H groups in total. The van der Waals surface area contributed by atoms with Gasteiger partial charge < -0.3 is 10.6 Å². The molecule has 0 amide bonds. The molecular formula is C17H22N4. The van der Waals surface area contributed by atoms with E-state index >= 15 is 0 Å². The summed E-state index contributed by atoms with van der Waals surface area (Å²) in [5.41, 5.74) is 1.41. The molecule has 0 aliphatic heterocycles. The molecule has 4 nitrogen and oxygen atoms in total. The maximum Gasteiger partial charge on any atom is 0.132 e. The van der Waals surface area contributed by atoms with Crippen molar-refractivity contribution in [3.05, 3.63) is 47.8 Å². The van der Waals surface area contributed by atoms with Crippen LogP contribution in [-0.4, -0.2) is 22.6 Å². The van der Waals surface area contributed by atoms with E-state index in [1.54, 1.807) is 0 Å². The van der Waals surface area contributed by atoms with Crippen LogP contribution in [0, 0.1) is 0 Å². The van der Waals surface area contributed by atoms with E-state index in [9.17, 15) is 0 Å². The smallest absolute Gasteiger partial charge is 0.132 e. The zero-order valence-corrected chi connectivity index (χ0v) is 12.6. The monoisotopic (exact) mass is 282 g/mol. The van der Waals surface area contributed by atoms with Gasteiger partial charge in [0, 0.05) is 31.0 Å². The van der Waals surface area contributed by atoms with Crippen molar-refractivity contribution in [3.63, 3.8) is 0 Å². The highest BCUT2D eigenvalue weighted by atomic mass is 15.1. The third kappa shape index (κ3) is 3.32. The summed E-state index contributed by atoms with van der Waals surface area (Å²) >= 11 is 0. The van der Waals surface area contributed by atoms with Crippen molar-refractivity contribution in [2.24, 2.45) is 0 Å². The van der Waals surface area contributed by atoms with Crippen molar-refractivity contribution in [1.82, 2.24) is 9.97 Å². The molecule has 110 valence electrons. The Labute approximate surface area is 126 Å². The number of nitrogens with one attached hydrogen (secondary N) is 2. The fourth-order valence-corrected chi connectivity index (χ4v) is 2.61. The van der Waals surface area contributed by atoms with Crippen LogP contribution in [0.5, 0.6) is 0 Å². The Kier molecular flexibility index (Phi) is 4.04. The van der Waals surface area contributed by atoms with E-state index in [0.717, 1.165) is 30.4 Å². The van der Waals surface area contributed by atoms with Crippen LogP contribution >= 0.6 is 0 Å². The normalized spacial score (nSPS) is 20.1. The van der Waals surface area contributed by atoms with Crippen LogP contribution in [0.25, 0.3) is 0 Å². The lowest BCUT2D eigenvalue weighted by molar-refractivity contribution is 0.924. The average Bonchev–Trinajstić information content (AvgIpc) is 3.27. The fourth-order valence-electron chi connectivity index (χ4n) is 2.61. The molecule has 1 aliphatic rings. The van der Waals surface area contributed by atoms with E-state index in [1.807, 2.05) is 6.07 Å². The highest BCUT2D eigenvalue weighted by Gasteiger charge is 2.38.